The second-order valence-corrected chi connectivity index (χ2v) is 7.67. The Labute approximate surface area is 160 Å². The Kier molecular flexibility index (Phi) is 5.32. The van der Waals surface area contributed by atoms with Crippen LogP contribution in [0.5, 0.6) is 5.75 Å². The summed E-state index contributed by atoms with van der Waals surface area (Å²) >= 11 is 0. The highest BCUT2D eigenvalue weighted by molar-refractivity contribution is 5.49. The number of anilines is 1. The molecule has 0 amide bonds. The van der Waals surface area contributed by atoms with Gasteiger partial charge in [0.1, 0.15) is 11.6 Å². The second-order valence-electron chi connectivity index (χ2n) is 7.67. The van der Waals surface area contributed by atoms with Crippen LogP contribution in [0.1, 0.15) is 24.8 Å². The molecule has 1 unspecified atom stereocenters. The summed E-state index contributed by atoms with van der Waals surface area (Å²) in [6.45, 7) is 3.66. The van der Waals surface area contributed by atoms with E-state index in [1.54, 1.807) is 7.11 Å². The van der Waals surface area contributed by atoms with Crippen molar-refractivity contribution in [3.05, 3.63) is 59.9 Å². The summed E-state index contributed by atoms with van der Waals surface area (Å²) in [5.41, 5.74) is 2.24. The van der Waals surface area contributed by atoms with Crippen molar-refractivity contribution < 1.29 is 13.9 Å². The third-order valence-electron chi connectivity index (χ3n) is 5.74. The highest BCUT2D eigenvalue weighted by Gasteiger charge is 2.42. The highest BCUT2D eigenvalue weighted by Crippen LogP contribution is 2.37. The van der Waals surface area contributed by atoms with E-state index in [1.807, 2.05) is 30.3 Å². The van der Waals surface area contributed by atoms with Crippen LogP contribution in [-0.2, 0) is 11.3 Å². The number of nitrogens with zero attached hydrogens (tertiary/aromatic N) is 1. The summed E-state index contributed by atoms with van der Waals surface area (Å²) in [5, 5.41) is 3.59. The summed E-state index contributed by atoms with van der Waals surface area (Å²) in [6, 6.07) is 15.2. The zero-order chi connectivity index (χ0) is 18.7. The largest absolute Gasteiger partial charge is 0.497 e. The summed E-state index contributed by atoms with van der Waals surface area (Å²) in [5.74, 6) is 0.688. The number of hydrogen-bond donors (Lipinski definition) is 1. The first-order chi connectivity index (χ1) is 13.1. The maximum Gasteiger partial charge on any atom is 0.123 e. The SMILES string of the molecule is COc1cccc(NC2COC3(CCN(Cc4ccc(F)cc4)CC3)C2)c1. The minimum Gasteiger partial charge on any atom is -0.497 e. The zero-order valence-corrected chi connectivity index (χ0v) is 15.8. The molecule has 2 aromatic rings. The lowest BCUT2D eigenvalue weighted by molar-refractivity contribution is -0.0448. The number of rotatable bonds is 5. The quantitative estimate of drug-likeness (QED) is 0.860. The molecule has 2 aliphatic rings. The maximum absolute atomic E-state index is 13.1. The Morgan fingerprint density at radius 2 is 1.96 bits per heavy atom. The number of halogens is 1. The Balaban J connectivity index is 1.29. The number of nitrogens with one attached hydrogen (secondary N) is 1. The van der Waals surface area contributed by atoms with E-state index in [2.05, 4.69) is 16.3 Å². The number of hydrogen-bond acceptors (Lipinski definition) is 4. The smallest absolute Gasteiger partial charge is 0.123 e. The molecule has 4 nitrogen and oxygen atoms in total. The highest BCUT2D eigenvalue weighted by atomic mass is 19.1. The van der Waals surface area contributed by atoms with Crippen molar-refractivity contribution in [3.63, 3.8) is 0 Å². The van der Waals surface area contributed by atoms with E-state index in [0.29, 0.717) is 6.04 Å². The van der Waals surface area contributed by atoms with Crippen molar-refractivity contribution in [2.45, 2.75) is 37.5 Å². The van der Waals surface area contributed by atoms with Crippen LogP contribution in [0.15, 0.2) is 48.5 Å². The molecule has 1 atom stereocenters. The molecule has 5 heteroatoms. The van der Waals surface area contributed by atoms with E-state index in [4.69, 9.17) is 9.47 Å². The van der Waals surface area contributed by atoms with Crippen LogP contribution in [0.4, 0.5) is 10.1 Å². The van der Waals surface area contributed by atoms with E-state index in [-0.39, 0.29) is 11.4 Å². The van der Waals surface area contributed by atoms with Crippen LogP contribution in [0.2, 0.25) is 0 Å². The van der Waals surface area contributed by atoms with Crippen molar-refractivity contribution in [2.75, 3.05) is 32.1 Å². The van der Waals surface area contributed by atoms with E-state index in [0.717, 1.165) is 62.5 Å². The molecule has 4 rings (SSSR count). The molecule has 0 aromatic heterocycles. The first kappa shape index (κ1) is 18.3. The fourth-order valence-corrected chi connectivity index (χ4v) is 4.20. The lowest BCUT2D eigenvalue weighted by atomic mass is 9.87. The third-order valence-corrected chi connectivity index (χ3v) is 5.74. The van der Waals surface area contributed by atoms with Crippen LogP contribution < -0.4 is 10.1 Å². The van der Waals surface area contributed by atoms with E-state index in [1.165, 1.54) is 12.1 Å². The average Bonchev–Trinajstić information content (AvgIpc) is 3.08. The molecule has 2 heterocycles. The summed E-state index contributed by atoms with van der Waals surface area (Å²) in [7, 11) is 1.69. The van der Waals surface area contributed by atoms with Gasteiger partial charge < -0.3 is 14.8 Å². The van der Waals surface area contributed by atoms with Gasteiger partial charge in [0.2, 0.25) is 0 Å². The van der Waals surface area contributed by atoms with Gasteiger partial charge in [0.25, 0.3) is 0 Å². The van der Waals surface area contributed by atoms with Crippen molar-refractivity contribution in [1.82, 2.24) is 4.90 Å². The molecule has 144 valence electrons. The first-order valence-corrected chi connectivity index (χ1v) is 9.65. The van der Waals surface area contributed by atoms with Crippen molar-refractivity contribution in [1.29, 1.82) is 0 Å². The molecule has 1 spiro atoms. The Bertz CT molecular complexity index is 757. The predicted molar refractivity (Wildman–Crippen MR) is 105 cm³/mol. The minimum atomic E-state index is -0.176. The van der Waals surface area contributed by atoms with E-state index in [9.17, 15) is 4.39 Å². The van der Waals surface area contributed by atoms with Gasteiger partial charge in [-0.1, -0.05) is 18.2 Å². The standard InChI is InChI=1S/C22H27FN2O2/c1-26-21-4-2-3-19(13-21)24-20-14-22(27-16-20)9-11-25(12-10-22)15-17-5-7-18(23)8-6-17/h2-8,13,20,24H,9-12,14-16H2,1H3. The lowest BCUT2D eigenvalue weighted by Crippen LogP contribution is -2.44. The second kappa shape index (κ2) is 7.87. The van der Waals surface area contributed by atoms with Crippen molar-refractivity contribution >= 4 is 5.69 Å². The van der Waals surface area contributed by atoms with Gasteiger partial charge in [-0.05, 0) is 49.1 Å². The van der Waals surface area contributed by atoms with Crippen molar-refractivity contribution in [3.8, 4) is 5.75 Å². The van der Waals surface area contributed by atoms with Crippen LogP contribution in [0.25, 0.3) is 0 Å². The van der Waals surface area contributed by atoms with Gasteiger partial charge in [-0.25, -0.2) is 4.39 Å². The van der Waals surface area contributed by atoms with Crippen LogP contribution in [0.3, 0.4) is 0 Å². The van der Waals surface area contributed by atoms with Crippen LogP contribution in [-0.4, -0.2) is 43.3 Å². The lowest BCUT2D eigenvalue weighted by Gasteiger charge is -2.38. The van der Waals surface area contributed by atoms with Crippen molar-refractivity contribution in [2.24, 2.45) is 0 Å². The van der Waals surface area contributed by atoms with Gasteiger partial charge in [0.15, 0.2) is 0 Å². The molecule has 0 aliphatic carbocycles. The molecule has 0 bridgehead atoms. The summed E-state index contributed by atoms with van der Waals surface area (Å²) in [4.78, 5) is 2.44. The average molecular weight is 370 g/mol. The summed E-state index contributed by atoms with van der Waals surface area (Å²) < 4.78 is 24.6. The van der Waals surface area contributed by atoms with E-state index < -0.39 is 0 Å². The fraction of sp³-hybridized carbons (Fsp3) is 0.455. The fourth-order valence-electron chi connectivity index (χ4n) is 4.20. The van der Waals surface area contributed by atoms with Gasteiger partial charge in [-0.2, -0.15) is 0 Å². The molecular formula is C22H27FN2O2. The Hall–Kier alpha value is -2.11. The molecule has 1 N–H and O–H groups in total. The number of methoxy groups -OCH3 is 1. The Morgan fingerprint density at radius 3 is 2.70 bits per heavy atom. The van der Waals surface area contributed by atoms with Crippen LogP contribution in [0, 0.1) is 5.82 Å². The van der Waals surface area contributed by atoms with Gasteiger partial charge in [0.05, 0.1) is 25.4 Å². The van der Waals surface area contributed by atoms with Gasteiger partial charge >= 0.3 is 0 Å². The molecule has 0 saturated carbocycles. The van der Waals surface area contributed by atoms with Gasteiger partial charge in [0, 0.05) is 31.4 Å². The molecule has 2 aliphatic heterocycles. The number of likely N-dealkylation sites (tertiary alicyclic amines) is 1. The first-order valence-electron chi connectivity index (χ1n) is 9.65. The van der Waals surface area contributed by atoms with Crippen LogP contribution >= 0.6 is 0 Å². The molecule has 2 fully saturated rings. The molecule has 0 radical (unpaired) electrons. The minimum absolute atomic E-state index is 0.00414. The molecule has 27 heavy (non-hydrogen) atoms. The topological polar surface area (TPSA) is 33.7 Å². The zero-order valence-electron chi connectivity index (χ0n) is 15.8. The summed E-state index contributed by atoms with van der Waals surface area (Å²) in [6.07, 6.45) is 3.13. The van der Waals surface area contributed by atoms with E-state index >= 15 is 0 Å². The normalized spacial score (nSPS) is 22.1. The molecule has 2 saturated heterocycles. The van der Waals surface area contributed by atoms with Gasteiger partial charge in [-0.15, -0.1) is 0 Å². The predicted octanol–water partition coefficient (Wildman–Crippen LogP) is 4.07. The molecular weight excluding hydrogens is 343 g/mol. The number of piperidine rings is 1. The molecule has 2 aromatic carbocycles. The monoisotopic (exact) mass is 370 g/mol. The number of ether oxygens (including phenoxy) is 2. The maximum atomic E-state index is 13.1. The van der Waals surface area contributed by atoms with Gasteiger partial charge in [-0.3, -0.25) is 4.90 Å². The number of benzene rings is 2. The third kappa shape index (κ3) is 4.42. The Morgan fingerprint density at radius 1 is 1.19 bits per heavy atom.